The van der Waals surface area contributed by atoms with Crippen LogP contribution >= 0.6 is 0 Å². The van der Waals surface area contributed by atoms with Crippen LogP contribution in [0.5, 0.6) is 0 Å². The predicted molar refractivity (Wildman–Crippen MR) is 149 cm³/mol. The first-order valence-corrected chi connectivity index (χ1v) is 15.4. The molecule has 0 spiro atoms. The molecule has 11 atom stereocenters. The topological polar surface area (TPSA) is 69.9 Å². The zero-order valence-corrected chi connectivity index (χ0v) is 25.1. The Hall–Kier alpha value is -0.420. The summed E-state index contributed by atoms with van der Waals surface area (Å²) in [5.41, 5.74) is 2.18. The quantitative estimate of drug-likeness (QED) is 0.372. The first-order chi connectivity index (χ1) is 17.1. The lowest BCUT2D eigenvalue weighted by Gasteiger charge is -2.71. The molecule has 4 nitrogen and oxygen atoms in total. The molecule has 4 saturated carbocycles. The molecule has 5 aliphatic carbocycles. The van der Waals surface area contributed by atoms with Crippen LogP contribution in [0.15, 0.2) is 11.6 Å². The monoisotopic (exact) mass is 516 g/mol. The first-order valence-electron chi connectivity index (χ1n) is 15.4. The summed E-state index contributed by atoms with van der Waals surface area (Å²) in [5.74, 6) is 1.47. The molecule has 0 heterocycles. The van der Waals surface area contributed by atoms with Crippen molar-refractivity contribution in [2.45, 2.75) is 131 Å². The number of hydrogen-bond acceptors (Lipinski definition) is 4. The highest BCUT2D eigenvalue weighted by Crippen LogP contribution is 2.75. The fraction of sp³-hybridized carbons (Fsp3) is 0.939. The van der Waals surface area contributed by atoms with Gasteiger partial charge in [-0.25, -0.2) is 0 Å². The SMILES string of the molecule is CC(O)CO[C@@H]1CC(C)(C)C[C@H]2C3=CCC4[C@@]5(C)CC[C@H](O)[C@](C)(CO)C5CC[C@@]4(C)[C@]3(C)CC[C@@]12C. The fourth-order valence-corrected chi connectivity index (χ4v) is 11.2. The van der Waals surface area contributed by atoms with Gasteiger partial charge in [0.15, 0.2) is 0 Å². The highest BCUT2D eigenvalue weighted by molar-refractivity contribution is 5.34. The third-order valence-electron chi connectivity index (χ3n) is 13.7. The highest BCUT2D eigenvalue weighted by atomic mass is 16.5. The second-order valence-corrected chi connectivity index (χ2v) is 16.3. The van der Waals surface area contributed by atoms with Gasteiger partial charge in [0, 0.05) is 10.8 Å². The Morgan fingerprint density at radius 2 is 1.62 bits per heavy atom. The van der Waals surface area contributed by atoms with Crippen LogP contribution in [0, 0.1) is 50.2 Å². The maximum Gasteiger partial charge on any atom is 0.0745 e. The van der Waals surface area contributed by atoms with Gasteiger partial charge >= 0.3 is 0 Å². The molecule has 5 aliphatic rings. The highest BCUT2D eigenvalue weighted by Gasteiger charge is 2.69. The molecule has 0 aromatic heterocycles. The Kier molecular flexibility index (Phi) is 6.68. The zero-order valence-electron chi connectivity index (χ0n) is 25.1. The molecule has 0 aliphatic heterocycles. The Bertz CT molecular complexity index is 925. The molecule has 0 aromatic carbocycles. The van der Waals surface area contributed by atoms with E-state index in [9.17, 15) is 15.3 Å². The van der Waals surface area contributed by atoms with Crippen molar-refractivity contribution in [3.8, 4) is 0 Å². The summed E-state index contributed by atoms with van der Waals surface area (Å²) >= 11 is 0. The second-order valence-electron chi connectivity index (χ2n) is 16.3. The summed E-state index contributed by atoms with van der Waals surface area (Å²) in [4.78, 5) is 0. The van der Waals surface area contributed by atoms with Gasteiger partial charge in [0.2, 0.25) is 0 Å². The average Bonchev–Trinajstić information content (AvgIpc) is 2.81. The molecule has 212 valence electrons. The Balaban J connectivity index is 1.54. The minimum atomic E-state index is -0.427. The summed E-state index contributed by atoms with van der Waals surface area (Å²) < 4.78 is 6.50. The van der Waals surface area contributed by atoms with Crippen molar-refractivity contribution in [3.05, 3.63) is 11.6 Å². The number of hydrogen-bond donors (Lipinski definition) is 3. The standard InChI is InChI=1S/C33H56O4/c1-21(35)19-37-27-18-28(2,3)17-23-22-9-10-25-30(5)13-12-26(36)31(6,20-34)24(30)11-14-33(25,8)32(22,7)16-15-29(23,27)4/h9,21,23-27,34-36H,10-20H2,1-8H3/t21?,23-,24?,25?,26-,27+,29+,30-,31+,32+,33+/m0/s1. The van der Waals surface area contributed by atoms with E-state index in [0.717, 1.165) is 32.1 Å². The molecule has 4 heteroatoms. The molecule has 3 N–H and O–H groups in total. The van der Waals surface area contributed by atoms with E-state index in [-0.39, 0.29) is 39.8 Å². The van der Waals surface area contributed by atoms with E-state index < -0.39 is 17.6 Å². The first kappa shape index (κ1) is 28.1. The average molecular weight is 517 g/mol. The largest absolute Gasteiger partial charge is 0.396 e. The molecule has 0 aromatic rings. The summed E-state index contributed by atoms with van der Waals surface area (Å²) in [7, 11) is 0. The van der Waals surface area contributed by atoms with Crippen molar-refractivity contribution in [1.82, 2.24) is 0 Å². The third kappa shape index (κ3) is 3.81. The van der Waals surface area contributed by atoms with E-state index in [2.05, 4.69) is 54.5 Å². The van der Waals surface area contributed by atoms with Gasteiger partial charge in [-0.15, -0.1) is 0 Å². The van der Waals surface area contributed by atoms with Crippen molar-refractivity contribution in [2.75, 3.05) is 13.2 Å². The van der Waals surface area contributed by atoms with Crippen molar-refractivity contribution >= 4 is 0 Å². The van der Waals surface area contributed by atoms with Gasteiger partial charge < -0.3 is 20.1 Å². The fourth-order valence-electron chi connectivity index (χ4n) is 11.2. The molecule has 0 bridgehead atoms. The minimum absolute atomic E-state index is 0.0829. The molecule has 5 rings (SSSR count). The van der Waals surface area contributed by atoms with Crippen LogP contribution < -0.4 is 0 Å². The van der Waals surface area contributed by atoms with Crippen LogP contribution in [0.4, 0.5) is 0 Å². The van der Waals surface area contributed by atoms with Crippen LogP contribution in [-0.4, -0.2) is 46.8 Å². The lowest BCUT2D eigenvalue weighted by molar-refractivity contribution is -0.220. The minimum Gasteiger partial charge on any atom is -0.396 e. The number of aliphatic hydroxyl groups excluding tert-OH is 3. The van der Waals surface area contributed by atoms with E-state index >= 15 is 0 Å². The number of allylic oxidation sites excluding steroid dienone is 2. The van der Waals surface area contributed by atoms with E-state index in [1.807, 2.05) is 6.92 Å². The molecule has 4 fully saturated rings. The predicted octanol–water partition coefficient (Wildman–Crippen LogP) is 6.52. The summed E-state index contributed by atoms with van der Waals surface area (Å²) in [6.45, 7) is 19.5. The van der Waals surface area contributed by atoms with Gasteiger partial charge in [0.1, 0.15) is 0 Å². The molecule has 0 amide bonds. The molecule has 37 heavy (non-hydrogen) atoms. The Morgan fingerprint density at radius 3 is 2.27 bits per heavy atom. The summed E-state index contributed by atoms with van der Waals surface area (Å²) in [6.07, 6.45) is 12.0. The number of aliphatic hydroxyl groups is 3. The Morgan fingerprint density at radius 1 is 0.919 bits per heavy atom. The summed E-state index contributed by atoms with van der Waals surface area (Å²) in [6, 6.07) is 0. The van der Waals surface area contributed by atoms with Crippen LogP contribution in [0.3, 0.4) is 0 Å². The van der Waals surface area contributed by atoms with Crippen LogP contribution in [0.1, 0.15) is 113 Å². The van der Waals surface area contributed by atoms with Crippen molar-refractivity contribution in [3.63, 3.8) is 0 Å². The molecule has 0 saturated heterocycles. The van der Waals surface area contributed by atoms with E-state index in [4.69, 9.17) is 4.74 Å². The van der Waals surface area contributed by atoms with Crippen molar-refractivity contribution in [1.29, 1.82) is 0 Å². The number of ether oxygens (including phenoxy) is 1. The molecular formula is C33H56O4. The number of rotatable bonds is 4. The van der Waals surface area contributed by atoms with Gasteiger partial charge in [0.05, 0.1) is 31.5 Å². The maximum atomic E-state index is 11.0. The van der Waals surface area contributed by atoms with Crippen molar-refractivity contribution in [2.24, 2.45) is 50.2 Å². The van der Waals surface area contributed by atoms with Gasteiger partial charge in [-0.3, -0.25) is 0 Å². The summed E-state index contributed by atoms with van der Waals surface area (Å²) in [5, 5.41) is 31.5. The van der Waals surface area contributed by atoms with E-state index in [0.29, 0.717) is 24.4 Å². The van der Waals surface area contributed by atoms with Gasteiger partial charge in [0.25, 0.3) is 0 Å². The maximum absolute atomic E-state index is 11.0. The zero-order chi connectivity index (χ0) is 27.2. The lowest BCUT2D eigenvalue weighted by atomic mass is 9.33. The smallest absolute Gasteiger partial charge is 0.0745 e. The normalized spacial score (nSPS) is 53.7. The van der Waals surface area contributed by atoms with Crippen molar-refractivity contribution < 1.29 is 20.1 Å². The lowest BCUT2D eigenvalue weighted by Crippen LogP contribution is -2.66. The van der Waals surface area contributed by atoms with Gasteiger partial charge in [-0.05, 0) is 104 Å². The molecule has 0 radical (unpaired) electrons. The van der Waals surface area contributed by atoms with Gasteiger partial charge in [-0.1, -0.05) is 60.1 Å². The molecule has 3 unspecified atom stereocenters. The van der Waals surface area contributed by atoms with Crippen LogP contribution in [-0.2, 0) is 4.74 Å². The number of fused-ring (bicyclic) bond motifs is 7. The van der Waals surface area contributed by atoms with Crippen LogP contribution in [0.2, 0.25) is 0 Å². The molecular weight excluding hydrogens is 460 g/mol. The van der Waals surface area contributed by atoms with E-state index in [1.165, 1.54) is 25.7 Å². The van der Waals surface area contributed by atoms with Gasteiger partial charge in [-0.2, -0.15) is 0 Å². The van der Waals surface area contributed by atoms with E-state index in [1.54, 1.807) is 5.57 Å². The Labute approximate surface area is 226 Å². The van der Waals surface area contributed by atoms with Crippen LogP contribution in [0.25, 0.3) is 0 Å². The third-order valence-corrected chi connectivity index (χ3v) is 13.7. The second kappa shape index (κ2) is 8.79.